The summed E-state index contributed by atoms with van der Waals surface area (Å²) in [6, 6.07) is 9.98. The molecular weight excluding hydrogens is 210 g/mol. The van der Waals surface area contributed by atoms with Crippen LogP contribution in [0.15, 0.2) is 36.4 Å². The summed E-state index contributed by atoms with van der Waals surface area (Å²) in [5.41, 5.74) is 0.835. The smallest absolute Gasteiger partial charge is 0.194 e. The van der Waals surface area contributed by atoms with Gasteiger partial charge in [0.25, 0.3) is 0 Å². The van der Waals surface area contributed by atoms with Gasteiger partial charge in [-0.3, -0.25) is 4.79 Å². The van der Waals surface area contributed by atoms with E-state index in [1.165, 1.54) is 12.1 Å². The van der Waals surface area contributed by atoms with Crippen LogP contribution in [0.3, 0.4) is 0 Å². The molecule has 1 nitrogen and oxygen atoms in total. The minimum Gasteiger partial charge on any atom is -0.291 e. The molecule has 0 aromatic heterocycles. The molecule has 0 saturated carbocycles. The van der Waals surface area contributed by atoms with Crippen LogP contribution in [0.4, 0.5) is 8.78 Å². The van der Waals surface area contributed by atoms with Gasteiger partial charge in [-0.05, 0) is 16.3 Å². The van der Waals surface area contributed by atoms with E-state index in [0.29, 0.717) is 21.9 Å². The van der Waals surface area contributed by atoms with Crippen LogP contribution in [0.5, 0.6) is 0 Å². The van der Waals surface area contributed by atoms with Crippen LogP contribution >= 0.6 is 0 Å². The fraction of sp³-hybridized carbons (Fsp3) is 0.154. The molecule has 0 aliphatic rings. The first kappa shape index (κ1) is 10.7. The number of alkyl halides is 2. The standard InChI is InChI=1S/C13H10F2O/c14-7-9-5-6-12(13(16)8-15)11-4-2-1-3-10(9)11/h1-6H,7-8H2. The molecular formula is C13H10F2O. The number of carbonyl (C=O) groups is 1. The highest BCUT2D eigenvalue weighted by molar-refractivity contribution is 6.09. The first-order valence-electron chi connectivity index (χ1n) is 4.93. The Balaban J connectivity index is 2.74. The van der Waals surface area contributed by atoms with Crippen molar-refractivity contribution in [1.29, 1.82) is 0 Å². The highest BCUT2D eigenvalue weighted by atomic mass is 19.1. The molecule has 0 N–H and O–H groups in total. The molecule has 0 aliphatic heterocycles. The van der Waals surface area contributed by atoms with Crippen LogP contribution in [-0.2, 0) is 6.67 Å². The lowest BCUT2D eigenvalue weighted by atomic mass is 9.98. The second-order valence-corrected chi connectivity index (χ2v) is 3.51. The molecule has 0 saturated heterocycles. The minimum atomic E-state index is -1.03. The zero-order valence-corrected chi connectivity index (χ0v) is 8.54. The third-order valence-corrected chi connectivity index (χ3v) is 2.58. The summed E-state index contributed by atoms with van der Waals surface area (Å²) in [5, 5.41) is 1.28. The Morgan fingerprint density at radius 3 is 2.31 bits per heavy atom. The largest absolute Gasteiger partial charge is 0.291 e. The predicted molar refractivity (Wildman–Crippen MR) is 59.1 cm³/mol. The van der Waals surface area contributed by atoms with E-state index < -0.39 is 19.1 Å². The molecule has 0 fully saturated rings. The molecule has 0 amide bonds. The van der Waals surface area contributed by atoms with Gasteiger partial charge in [-0.25, -0.2) is 8.78 Å². The number of halogens is 2. The van der Waals surface area contributed by atoms with E-state index in [1.807, 2.05) is 0 Å². The molecule has 2 aromatic carbocycles. The molecule has 16 heavy (non-hydrogen) atoms. The lowest BCUT2D eigenvalue weighted by molar-refractivity contribution is 0.0960. The third kappa shape index (κ3) is 1.69. The molecule has 0 atom stereocenters. The van der Waals surface area contributed by atoms with Crippen molar-refractivity contribution < 1.29 is 13.6 Å². The highest BCUT2D eigenvalue weighted by Crippen LogP contribution is 2.24. The van der Waals surface area contributed by atoms with E-state index in [-0.39, 0.29) is 0 Å². The Morgan fingerprint density at radius 2 is 1.69 bits per heavy atom. The third-order valence-electron chi connectivity index (χ3n) is 2.58. The average molecular weight is 220 g/mol. The van der Waals surface area contributed by atoms with Crippen LogP contribution in [0.1, 0.15) is 15.9 Å². The van der Waals surface area contributed by atoms with Gasteiger partial charge in [-0.15, -0.1) is 0 Å². The number of ketones is 1. The first-order chi connectivity index (χ1) is 7.77. The average Bonchev–Trinajstić information content (AvgIpc) is 2.36. The van der Waals surface area contributed by atoms with Gasteiger partial charge in [-0.1, -0.05) is 36.4 Å². The zero-order chi connectivity index (χ0) is 11.5. The van der Waals surface area contributed by atoms with Crippen LogP contribution in [0.2, 0.25) is 0 Å². The molecule has 0 radical (unpaired) electrons. The van der Waals surface area contributed by atoms with Gasteiger partial charge in [0.05, 0.1) is 0 Å². The van der Waals surface area contributed by atoms with E-state index in [2.05, 4.69) is 0 Å². The van der Waals surface area contributed by atoms with E-state index in [1.54, 1.807) is 24.3 Å². The Labute approximate surface area is 91.7 Å². The SMILES string of the molecule is O=C(CF)c1ccc(CF)c2ccccc12. The number of benzene rings is 2. The number of Topliss-reactive ketones (excluding diaryl/α,β-unsaturated/α-hetero) is 1. The maximum atomic E-state index is 12.7. The lowest BCUT2D eigenvalue weighted by Crippen LogP contribution is -2.02. The minimum absolute atomic E-state index is 0.315. The Hall–Kier alpha value is -1.77. The predicted octanol–water partition coefficient (Wildman–Crippen LogP) is 3.46. The van der Waals surface area contributed by atoms with E-state index in [4.69, 9.17) is 0 Å². The molecule has 0 heterocycles. The Morgan fingerprint density at radius 1 is 1.00 bits per heavy atom. The topological polar surface area (TPSA) is 17.1 Å². The Kier molecular flexibility index (Phi) is 2.95. The number of hydrogen-bond acceptors (Lipinski definition) is 1. The summed E-state index contributed by atoms with van der Waals surface area (Å²) in [6.45, 7) is -1.62. The summed E-state index contributed by atoms with van der Waals surface area (Å²) >= 11 is 0. The molecule has 0 spiro atoms. The summed E-state index contributed by atoms with van der Waals surface area (Å²) in [5.74, 6) is -0.568. The molecule has 2 rings (SSSR count). The van der Waals surface area contributed by atoms with Gasteiger partial charge in [0.2, 0.25) is 0 Å². The van der Waals surface area contributed by atoms with Crippen molar-refractivity contribution in [3.05, 3.63) is 47.5 Å². The van der Waals surface area contributed by atoms with E-state index in [9.17, 15) is 13.6 Å². The molecule has 0 aliphatic carbocycles. The molecule has 0 bridgehead atoms. The highest BCUT2D eigenvalue weighted by Gasteiger charge is 2.11. The second-order valence-electron chi connectivity index (χ2n) is 3.51. The van der Waals surface area contributed by atoms with Crippen molar-refractivity contribution >= 4 is 16.6 Å². The molecule has 3 heteroatoms. The van der Waals surface area contributed by atoms with Gasteiger partial charge in [0, 0.05) is 5.56 Å². The summed E-state index contributed by atoms with van der Waals surface area (Å²) in [6.07, 6.45) is 0. The first-order valence-corrected chi connectivity index (χ1v) is 4.93. The van der Waals surface area contributed by atoms with Gasteiger partial charge in [-0.2, -0.15) is 0 Å². The zero-order valence-electron chi connectivity index (χ0n) is 8.54. The van der Waals surface area contributed by atoms with Crippen LogP contribution in [-0.4, -0.2) is 12.5 Å². The number of carbonyl (C=O) groups excluding carboxylic acids is 1. The molecule has 0 unspecified atom stereocenters. The maximum Gasteiger partial charge on any atom is 0.194 e. The van der Waals surface area contributed by atoms with Crippen LogP contribution in [0.25, 0.3) is 10.8 Å². The van der Waals surface area contributed by atoms with Gasteiger partial charge in [0.1, 0.15) is 6.67 Å². The molecule has 82 valence electrons. The maximum absolute atomic E-state index is 12.7. The van der Waals surface area contributed by atoms with E-state index >= 15 is 0 Å². The number of rotatable bonds is 3. The fourth-order valence-electron chi connectivity index (χ4n) is 1.79. The van der Waals surface area contributed by atoms with Crippen LogP contribution in [0, 0.1) is 0 Å². The summed E-state index contributed by atoms with van der Waals surface area (Å²) in [7, 11) is 0. The Bertz CT molecular complexity index is 534. The van der Waals surface area contributed by atoms with Crippen molar-refractivity contribution in [3.63, 3.8) is 0 Å². The number of fused-ring (bicyclic) bond motifs is 1. The lowest BCUT2D eigenvalue weighted by Gasteiger charge is -2.07. The van der Waals surface area contributed by atoms with Crippen molar-refractivity contribution in [2.75, 3.05) is 6.67 Å². The second kappa shape index (κ2) is 4.39. The summed E-state index contributed by atoms with van der Waals surface area (Å²) in [4.78, 5) is 11.4. The van der Waals surface area contributed by atoms with Gasteiger partial charge < -0.3 is 0 Å². The normalized spacial score (nSPS) is 10.6. The van der Waals surface area contributed by atoms with E-state index in [0.717, 1.165) is 0 Å². The van der Waals surface area contributed by atoms with Crippen molar-refractivity contribution in [2.24, 2.45) is 0 Å². The van der Waals surface area contributed by atoms with Crippen LogP contribution < -0.4 is 0 Å². The number of hydrogen-bond donors (Lipinski definition) is 0. The summed E-state index contributed by atoms with van der Waals surface area (Å²) < 4.78 is 25.1. The molecule has 2 aromatic rings. The van der Waals surface area contributed by atoms with Crippen molar-refractivity contribution in [2.45, 2.75) is 6.67 Å². The van der Waals surface area contributed by atoms with Gasteiger partial charge >= 0.3 is 0 Å². The van der Waals surface area contributed by atoms with Crippen molar-refractivity contribution in [1.82, 2.24) is 0 Å². The quantitative estimate of drug-likeness (QED) is 0.724. The fourth-order valence-corrected chi connectivity index (χ4v) is 1.79. The monoisotopic (exact) mass is 220 g/mol. The van der Waals surface area contributed by atoms with Gasteiger partial charge in [0.15, 0.2) is 12.5 Å². The van der Waals surface area contributed by atoms with Crippen molar-refractivity contribution in [3.8, 4) is 0 Å².